The highest BCUT2D eigenvalue weighted by Gasteiger charge is 2.35. The first kappa shape index (κ1) is 20.1. The summed E-state index contributed by atoms with van der Waals surface area (Å²) < 4.78 is 0. The number of nitrogens with one attached hydrogen (secondary N) is 1. The summed E-state index contributed by atoms with van der Waals surface area (Å²) in [5.74, 6) is -0.386. The number of likely N-dealkylation sites (N-methyl/N-ethyl adjacent to an activating group) is 1. The van der Waals surface area contributed by atoms with E-state index in [-0.39, 0.29) is 11.8 Å². The lowest BCUT2D eigenvalue weighted by atomic mass is 10.0. The van der Waals surface area contributed by atoms with E-state index < -0.39 is 6.04 Å². The summed E-state index contributed by atoms with van der Waals surface area (Å²) in [5.41, 5.74) is 3.22. The topological polar surface area (TPSA) is 62.3 Å². The van der Waals surface area contributed by atoms with E-state index in [1.54, 1.807) is 24.3 Å². The van der Waals surface area contributed by atoms with E-state index in [0.717, 1.165) is 17.6 Å². The van der Waals surface area contributed by atoms with E-state index in [0.29, 0.717) is 35.6 Å². The van der Waals surface area contributed by atoms with E-state index in [1.165, 1.54) is 0 Å². The molecule has 5 nitrogen and oxygen atoms in total. The maximum absolute atomic E-state index is 12.8. The molecule has 1 aliphatic heterocycles. The second kappa shape index (κ2) is 9.02. The summed E-state index contributed by atoms with van der Waals surface area (Å²) >= 11 is 6.27. The summed E-state index contributed by atoms with van der Waals surface area (Å²) in [5, 5.41) is 3.37. The quantitative estimate of drug-likeness (QED) is 0.765. The molecule has 2 amide bonds. The number of allylic oxidation sites excluding steroid dienone is 6. The van der Waals surface area contributed by atoms with E-state index in [1.807, 2.05) is 43.4 Å². The van der Waals surface area contributed by atoms with Gasteiger partial charge in [-0.1, -0.05) is 35.9 Å². The molecule has 1 fully saturated rings. The minimum atomic E-state index is -0.569. The normalized spacial score (nSPS) is 20.8. The van der Waals surface area contributed by atoms with Crippen LogP contribution in [0, 0.1) is 0 Å². The van der Waals surface area contributed by atoms with Gasteiger partial charge in [0.05, 0.1) is 11.3 Å². The van der Waals surface area contributed by atoms with Crippen molar-refractivity contribution in [2.45, 2.75) is 38.6 Å². The lowest BCUT2D eigenvalue weighted by Gasteiger charge is -2.23. The summed E-state index contributed by atoms with van der Waals surface area (Å²) in [7, 11) is 1.70. The van der Waals surface area contributed by atoms with Crippen LogP contribution in [0.25, 0.3) is 5.57 Å². The third-order valence-electron chi connectivity index (χ3n) is 5.00. The second-order valence-electron chi connectivity index (χ2n) is 6.79. The fourth-order valence-corrected chi connectivity index (χ4v) is 3.75. The van der Waals surface area contributed by atoms with Crippen molar-refractivity contribution in [3.63, 3.8) is 0 Å². The summed E-state index contributed by atoms with van der Waals surface area (Å²) in [6.07, 6.45) is 14.1. The third kappa shape index (κ3) is 4.25. The predicted molar refractivity (Wildman–Crippen MR) is 111 cm³/mol. The number of carbonyl (C=O) groups is 2. The van der Waals surface area contributed by atoms with Crippen LogP contribution in [0.4, 0.5) is 0 Å². The summed E-state index contributed by atoms with van der Waals surface area (Å²) in [6.45, 7) is 1.98. The number of hydrogen-bond acceptors (Lipinski definition) is 3. The molecule has 0 spiro atoms. The molecular formula is C22H24ClN3O2. The highest BCUT2D eigenvalue weighted by Crippen LogP contribution is 2.32. The Hall–Kier alpha value is -2.66. The Labute approximate surface area is 170 Å². The molecule has 28 heavy (non-hydrogen) atoms. The van der Waals surface area contributed by atoms with Crippen LogP contribution in [0.1, 0.15) is 38.2 Å². The van der Waals surface area contributed by atoms with E-state index in [2.05, 4.69) is 10.3 Å². The van der Waals surface area contributed by atoms with Gasteiger partial charge >= 0.3 is 0 Å². The molecule has 1 aromatic rings. The Balaban J connectivity index is 1.68. The molecule has 3 rings (SSSR count). The molecule has 0 aromatic carbocycles. The van der Waals surface area contributed by atoms with Crippen molar-refractivity contribution in [2.24, 2.45) is 0 Å². The van der Waals surface area contributed by atoms with Crippen molar-refractivity contribution in [1.29, 1.82) is 0 Å². The van der Waals surface area contributed by atoms with Crippen LogP contribution in [-0.2, 0) is 9.59 Å². The number of fused-ring (bicyclic) bond motifs is 1. The van der Waals surface area contributed by atoms with Crippen molar-refractivity contribution in [2.75, 3.05) is 7.05 Å². The number of rotatable bonds is 5. The molecular weight excluding hydrogens is 374 g/mol. The van der Waals surface area contributed by atoms with Gasteiger partial charge in [-0.3, -0.25) is 14.6 Å². The number of hydrogen-bond donors (Lipinski definition) is 1. The molecule has 1 aliphatic carbocycles. The van der Waals surface area contributed by atoms with Gasteiger partial charge < -0.3 is 10.2 Å². The average Bonchev–Trinajstić information content (AvgIpc) is 2.80. The second-order valence-corrected chi connectivity index (χ2v) is 7.25. The highest BCUT2D eigenvalue weighted by molar-refractivity contribution is 6.32. The fourth-order valence-electron chi connectivity index (χ4n) is 3.46. The number of nitrogens with zero attached hydrogens (tertiary/aromatic N) is 2. The molecule has 1 saturated heterocycles. The number of aromatic nitrogens is 1. The monoisotopic (exact) mass is 397 g/mol. The lowest BCUT2D eigenvalue weighted by molar-refractivity contribution is -0.131. The molecule has 2 heterocycles. The van der Waals surface area contributed by atoms with Crippen LogP contribution >= 0.6 is 11.6 Å². The molecule has 0 saturated carbocycles. The number of pyridine rings is 1. The van der Waals surface area contributed by atoms with Gasteiger partial charge in [-0.25, -0.2) is 0 Å². The average molecular weight is 398 g/mol. The molecule has 1 N–H and O–H groups in total. The van der Waals surface area contributed by atoms with Crippen LogP contribution in [-0.4, -0.2) is 34.8 Å². The number of amides is 2. The van der Waals surface area contributed by atoms with Gasteiger partial charge in [0.15, 0.2) is 0 Å². The Kier molecular flexibility index (Phi) is 6.47. The van der Waals surface area contributed by atoms with E-state index in [4.69, 9.17) is 11.6 Å². The Bertz CT molecular complexity index is 884. The first-order valence-electron chi connectivity index (χ1n) is 9.43. The zero-order chi connectivity index (χ0) is 20.1. The molecule has 6 heteroatoms. The van der Waals surface area contributed by atoms with Gasteiger partial charge in [0.2, 0.25) is 5.91 Å². The first-order chi connectivity index (χ1) is 13.5. The maximum Gasteiger partial charge on any atom is 0.255 e. The predicted octanol–water partition coefficient (Wildman–Crippen LogP) is 3.95. The first-order valence-corrected chi connectivity index (χ1v) is 9.81. The van der Waals surface area contributed by atoms with Crippen molar-refractivity contribution < 1.29 is 9.59 Å². The SMILES string of the molecule is CC=C(C=CCC[C@H]1NC(=O)C2=C(Cl)CCC=C2N(C)C1=O)c1ccncc1. The summed E-state index contributed by atoms with van der Waals surface area (Å²) in [4.78, 5) is 31.0. The standard InChI is InChI=1S/C22H24ClN3O2/c1-3-15(16-11-13-24-14-12-16)7-4-5-9-18-22(28)26(2)19-10-6-8-17(23)20(19)21(27)25-18/h3-4,7,10-14,18H,5-6,8-9H2,1-2H3,(H,25,27)/t18-/m1/s1. The van der Waals surface area contributed by atoms with Crippen molar-refractivity contribution >= 4 is 29.0 Å². The molecule has 0 radical (unpaired) electrons. The van der Waals surface area contributed by atoms with Gasteiger partial charge in [0.25, 0.3) is 5.91 Å². The Morgan fingerprint density at radius 2 is 2.11 bits per heavy atom. The highest BCUT2D eigenvalue weighted by atomic mass is 35.5. The minimum absolute atomic E-state index is 0.116. The van der Waals surface area contributed by atoms with Gasteiger partial charge in [-0.15, -0.1) is 0 Å². The Morgan fingerprint density at radius 1 is 1.36 bits per heavy atom. The third-order valence-corrected chi connectivity index (χ3v) is 5.37. The number of halogens is 1. The molecule has 0 unspecified atom stereocenters. The lowest BCUT2D eigenvalue weighted by Crippen LogP contribution is -2.43. The van der Waals surface area contributed by atoms with Crippen molar-refractivity contribution in [3.8, 4) is 0 Å². The molecule has 0 bridgehead atoms. The van der Waals surface area contributed by atoms with Crippen LogP contribution in [0.3, 0.4) is 0 Å². The van der Waals surface area contributed by atoms with Crippen LogP contribution < -0.4 is 5.32 Å². The van der Waals surface area contributed by atoms with E-state index >= 15 is 0 Å². The largest absolute Gasteiger partial charge is 0.340 e. The molecule has 1 atom stereocenters. The zero-order valence-corrected chi connectivity index (χ0v) is 16.9. The van der Waals surface area contributed by atoms with Gasteiger partial charge in [0, 0.05) is 24.5 Å². The molecule has 146 valence electrons. The van der Waals surface area contributed by atoms with Crippen LogP contribution in [0.2, 0.25) is 0 Å². The molecule has 1 aromatic heterocycles. The number of carbonyl (C=O) groups excluding carboxylic acids is 2. The smallest absolute Gasteiger partial charge is 0.255 e. The van der Waals surface area contributed by atoms with Crippen molar-refractivity contribution in [3.05, 3.63) is 70.7 Å². The van der Waals surface area contributed by atoms with Crippen molar-refractivity contribution in [1.82, 2.24) is 15.2 Å². The maximum atomic E-state index is 12.8. The minimum Gasteiger partial charge on any atom is -0.340 e. The zero-order valence-electron chi connectivity index (χ0n) is 16.1. The van der Waals surface area contributed by atoms with Gasteiger partial charge in [0.1, 0.15) is 6.04 Å². The molecule has 2 aliphatic rings. The van der Waals surface area contributed by atoms with Gasteiger partial charge in [-0.05, 0) is 55.9 Å². The van der Waals surface area contributed by atoms with Crippen LogP contribution in [0.5, 0.6) is 0 Å². The Morgan fingerprint density at radius 3 is 2.82 bits per heavy atom. The van der Waals surface area contributed by atoms with E-state index in [9.17, 15) is 9.59 Å². The summed E-state index contributed by atoms with van der Waals surface area (Å²) in [6, 6.07) is 3.34. The fraction of sp³-hybridized carbons (Fsp3) is 0.318. The van der Waals surface area contributed by atoms with Gasteiger partial charge in [-0.2, -0.15) is 0 Å². The van der Waals surface area contributed by atoms with Crippen LogP contribution in [0.15, 0.2) is 65.1 Å².